The van der Waals surface area contributed by atoms with Crippen molar-refractivity contribution in [1.29, 1.82) is 5.26 Å². The molecule has 1 aliphatic heterocycles. The average Bonchev–Trinajstić information content (AvgIpc) is 3.35. The fraction of sp³-hybridized carbons (Fsp3) is 0.579. The van der Waals surface area contributed by atoms with E-state index in [1.165, 1.54) is 0 Å². The Kier molecular flexibility index (Phi) is 3.88. The van der Waals surface area contributed by atoms with Gasteiger partial charge in [0.15, 0.2) is 11.3 Å². The van der Waals surface area contributed by atoms with E-state index in [0.717, 1.165) is 41.9 Å². The molecule has 8 heteroatoms. The number of H-pyrrole nitrogens is 1. The third kappa shape index (κ3) is 2.61. The molecular formula is C19H23N7O. The maximum absolute atomic E-state index is 9.16. The molecule has 3 atom stereocenters. The Balaban J connectivity index is 1.47. The molecule has 3 aromatic rings. The third-order valence-corrected chi connectivity index (χ3v) is 6.20. The minimum atomic E-state index is -0.169. The van der Waals surface area contributed by atoms with Crippen LogP contribution in [0, 0.1) is 17.2 Å². The summed E-state index contributed by atoms with van der Waals surface area (Å²) < 4.78 is 7.54. The van der Waals surface area contributed by atoms with Crippen LogP contribution in [0.1, 0.15) is 44.3 Å². The van der Waals surface area contributed by atoms with E-state index in [9.17, 15) is 0 Å². The first-order valence-corrected chi connectivity index (χ1v) is 9.62. The van der Waals surface area contributed by atoms with Crippen molar-refractivity contribution in [3.8, 4) is 6.07 Å². The molecule has 140 valence electrons. The highest BCUT2D eigenvalue weighted by atomic mass is 16.5. The number of hydrogen-bond acceptors (Lipinski definition) is 6. The maximum atomic E-state index is 9.16. The molecular weight excluding hydrogens is 342 g/mol. The van der Waals surface area contributed by atoms with Gasteiger partial charge in [0.05, 0.1) is 43.0 Å². The third-order valence-electron chi connectivity index (χ3n) is 6.20. The van der Waals surface area contributed by atoms with Crippen molar-refractivity contribution < 1.29 is 4.74 Å². The lowest BCUT2D eigenvalue weighted by atomic mass is 9.92. The van der Waals surface area contributed by atoms with Crippen molar-refractivity contribution in [2.75, 3.05) is 13.2 Å². The second-order valence-electron chi connectivity index (χ2n) is 7.92. The Morgan fingerprint density at radius 1 is 1.41 bits per heavy atom. The van der Waals surface area contributed by atoms with Crippen LogP contribution in [0.2, 0.25) is 0 Å². The van der Waals surface area contributed by atoms with Gasteiger partial charge in [-0.3, -0.25) is 4.40 Å². The van der Waals surface area contributed by atoms with Gasteiger partial charge in [0, 0.05) is 18.2 Å². The fourth-order valence-electron chi connectivity index (χ4n) is 4.82. The maximum Gasteiger partial charge on any atom is 0.179 e. The lowest BCUT2D eigenvalue weighted by Crippen LogP contribution is -2.62. The topological polar surface area (TPSA) is 104 Å². The molecule has 4 heterocycles. The fourth-order valence-corrected chi connectivity index (χ4v) is 4.82. The standard InChI is InChI=1S/C19H23N7O/c1-2-12-7-13(23-19(4-5-20)10-27-11-19)8-14(12)18-25-24-16-9-22-17-15(26(16)18)3-6-21-17/h3,6,9,12-14,21,23H,2,4,7-8,10-11H2,1H3/t12-,13?,14+/m1/s1. The molecule has 2 N–H and O–H groups in total. The number of nitrogens with one attached hydrogen (secondary N) is 2. The summed E-state index contributed by atoms with van der Waals surface area (Å²) in [6, 6.07) is 4.71. The van der Waals surface area contributed by atoms with Crippen molar-refractivity contribution in [3.05, 3.63) is 24.3 Å². The van der Waals surface area contributed by atoms with Gasteiger partial charge in [-0.2, -0.15) is 5.26 Å². The van der Waals surface area contributed by atoms with E-state index in [1.807, 2.05) is 12.3 Å². The normalized spacial score (nSPS) is 27.0. The quantitative estimate of drug-likeness (QED) is 0.718. The SMILES string of the molecule is CC[C@@H]1CC(NC2(CC#N)COC2)C[C@@H]1c1nnc2cnc3[nH]ccc3n12. The molecule has 1 saturated carbocycles. The van der Waals surface area contributed by atoms with Crippen LogP contribution in [0.3, 0.4) is 0 Å². The number of nitrogens with zero attached hydrogens (tertiary/aromatic N) is 5. The molecule has 0 amide bonds. The molecule has 3 aromatic heterocycles. The Hall–Kier alpha value is -2.50. The number of aromatic amines is 1. The van der Waals surface area contributed by atoms with Crippen molar-refractivity contribution in [1.82, 2.24) is 29.9 Å². The van der Waals surface area contributed by atoms with E-state index in [0.29, 0.717) is 37.5 Å². The number of ether oxygens (including phenoxy) is 1. The summed E-state index contributed by atoms with van der Waals surface area (Å²) in [5.41, 5.74) is 2.49. The molecule has 0 radical (unpaired) electrons. The van der Waals surface area contributed by atoms with Gasteiger partial charge in [-0.1, -0.05) is 13.3 Å². The first kappa shape index (κ1) is 16.7. The lowest BCUT2D eigenvalue weighted by Gasteiger charge is -2.42. The molecule has 8 nitrogen and oxygen atoms in total. The van der Waals surface area contributed by atoms with Crippen LogP contribution in [-0.4, -0.2) is 49.4 Å². The first-order valence-electron chi connectivity index (χ1n) is 9.62. The Morgan fingerprint density at radius 2 is 2.30 bits per heavy atom. The van der Waals surface area contributed by atoms with Crippen LogP contribution in [0.5, 0.6) is 0 Å². The van der Waals surface area contributed by atoms with Gasteiger partial charge in [-0.15, -0.1) is 10.2 Å². The van der Waals surface area contributed by atoms with Crippen molar-refractivity contribution in [3.63, 3.8) is 0 Å². The summed E-state index contributed by atoms with van der Waals surface area (Å²) in [7, 11) is 0. The van der Waals surface area contributed by atoms with Crippen LogP contribution < -0.4 is 5.32 Å². The molecule has 1 saturated heterocycles. The van der Waals surface area contributed by atoms with Crippen LogP contribution in [0.15, 0.2) is 18.5 Å². The monoisotopic (exact) mass is 365 g/mol. The number of aromatic nitrogens is 5. The summed E-state index contributed by atoms with van der Waals surface area (Å²) in [6.45, 7) is 3.50. The second-order valence-corrected chi connectivity index (χ2v) is 7.92. The molecule has 0 aromatic carbocycles. The van der Waals surface area contributed by atoms with Gasteiger partial charge in [-0.25, -0.2) is 4.98 Å². The summed E-state index contributed by atoms with van der Waals surface area (Å²) in [5, 5.41) is 21.8. The van der Waals surface area contributed by atoms with E-state index in [2.05, 4.69) is 42.9 Å². The van der Waals surface area contributed by atoms with E-state index < -0.39 is 0 Å². The second kappa shape index (κ2) is 6.29. The Morgan fingerprint density at radius 3 is 3.04 bits per heavy atom. The Bertz CT molecular complexity index is 1010. The number of fused-ring (bicyclic) bond motifs is 3. The minimum absolute atomic E-state index is 0.169. The van der Waals surface area contributed by atoms with Crippen LogP contribution in [0.4, 0.5) is 0 Å². The predicted octanol–water partition coefficient (Wildman–Crippen LogP) is 2.15. The highest BCUT2D eigenvalue weighted by molar-refractivity contribution is 5.74. The largest absolute Gasteiger partial charge is 0.377 e. The molecule has 2 fully saturated rings. The van der Waals surface area contributed by atoms with Crippen LogP contribution in [-0.2, 0) is 4.74 Å². The number of hydrogen-bond donors (Lipinski definition) is 2. The van der Waals surface area contributed by atoms with Crippen LogP contribution in [0.25, 0.3) is 16.8 Å². The number of rotatable bonds is 5. The smallest absolute Gasteiger partial charge is 0.179 e. The van der Waals surface area contributed by atoms with E-state index in [4.69, 9.17) is 10.00 Å². The van der Waals surface area contributed by atoms with Gasteiger partial charge in [0.25, 0.3) is 0 Å². The van der Waals surface area contributed by atoms with Crippen LogP contribution >= 0.6 is 0 Å². The highest BCUT2D eigenvalue weighted by Crippen LogP contribution is 2.42. The van der Waals surface area contributed by atoms with Crippen molar-refractivity contribution in [2.24, 2.45) is 5.92 Å². The van der Waals surface area contributed by atoms with Crippen molar-refractivity contribution in [2.45, 2.75) is 50.1 Å². The minimum Gasteiger partial charge on any atom is -0.377 e. The average molecular weight is 365 g/mol. The first-order chi connectivity index (χ1) is 13.2. The van der Waals surface area contributed by atoms with E-state index in [1.54, 1.807) is 6.20 Å². The Labute approximate surface area is 156 Å². The van der Waals surface area contributed by atoms with E-state index >= 15 is 0 Å². The lowest BCUT2D eigenvalue weighted by molar-refractivity contribution is -0.0769. The zero-order chi connectivity index (χ0) is 18.4. The molecule has 27 heavy (non-hydrogen) atoms. The predicted molar refractivity (Wildman–Crippen MR) is 99.1 cm³/mol. The summed E-state index contributed by atoms with van der Waals surface area (Å²) in [6.07, 6.45) is 7.36. The zero-order valence-corrected chi connectivity index (χ0v) is 15.4. The summed E-state index contributed by atoms with van der Waals surface area (Å²) in [5.74, 6) is 1.90. The van der Waals surface area contributed by atoms with Gasteiger partial charge < -0.3 is 15.0 Å². The molecule has 0 bridgehead atoms. The highest BCUT2D eigenvalue weighted by Gasteiger charge is 2.44. The van der Waals surface area contributed by atoms with Gasteiger partial charge in [0.2, 0.25) is 0 Å². The van der Waals surface area contributed by atoms with Gasteiger partial charge in [0.1, 0.15) is 5.82 Å². The summed E-state index contributed by atoms with van der Waals surface area (Å²) in [4.78, 5) is 7.58. The van der Waals surface area contributed by atoms with E-state index in [-0.39, 0.29) is 5.54 Å². The molecule has 1 aliphatic carbocycles. The molecule has 5 rings (SSSR count). The zero-order valence-electron chi connectivity index (χ0n) is 15.4. The molecule has 2 aliphatic rings. The van der Waals surface area contributed by atoms with Gasteiger partial charge >= 0.3 is 0 Å². The summed E-state index contributed by atoms with van der Waals surface area (Å²) >= 11 is 0. The molecule has 1 unspecified atom stereocenters. The molecule has 0 spiro atoms. The van der Waals surface area contributed by atoms with Gasteiger partial charge in [-0.05, 0) is 24.8 Å². The van der Waals surface area contributed by atoms with Crippen molar-refractivity contribution >= 4 is 16.8 Å². The number of nitriles is 1.